The molecule has 1 fully saturated rings. The summed E-state index contributed by atoms with van der Waals surface area (Å²) in [6.45, 7) is 5.41. The van der Waals surface area contributed by atoms with Gasteiger partial charge in [0.05, 0.1) is 17.9 Å². The molecular weight excluding hydrogens is 234 g/mol. The van der Waals surface area contributed by atoms with Gasteiger partial charge in [-0.15, -0.1) is 0 Å². The van der Waals surface area contributed by atoms with E-state index in [9.17, 15) is 9.59 Å². The molecule has 1 heterocycles. The normalized spacial score (nSPS) is 26.4. The van der Waals surface area contributed by atoms with Gasteiger partial charge in [-0.1, -0.05) is 13.8 Å². The number of nitrogens with one attached hydrogen (secondary N) is 2. The van der Waals surface area contributed by atoms with Crippen LogP contribution in [0.2, 0.25) is 0 Å². The van der Waals surface area contributed by atoms with Crippen LogP contribution in [0.4, 0.5) is 0 Å². The van der Waals surface area contributed by atoms with E-state index in [1.54, 1.807) is 26.2 Å². The van der Waals surface area contributed by atoms with Gasteiger partial charge >= 0.3 is 5.97 Å². The highest BCUT2D eigenvalue weighted by Crippen LogP contribution is 2.58. The predicted octanol–water partition coefficient (Wildman–Crippen LogP) is 0.944. The fourth-order valence-electron chi connectivity index (χ4n) is 2.47. The number of hydrogen-bond donors (Lipinski definition) is 3. The number of aromatic nitrogens is 2. The Morgan fingerprint density at radius 1 is 1.50 bits per heavy atom. The van der Waals surface area contributed by atoms with Crippen LogP contribution in [0.5, 0.6) is 0 Å². The third-order valence-corrected chi connectivity index (χ3v) is 3.66. The summed E-state index contributed by atoms with van der Waals surface area (Å²) in [5.74, 6) is -1.54. The van der Waals surface area contributed by atoms with E-state index >= 15 is 0 Å². The summed E-state index contributed by atoms with van der Waals surface area (Å²) in [6.07, 6.45) is 3.29. The van der Waals surface area contributed by atoms with Crippen molar-refractivity contribution in [2.45, 2.75) is 26.8 Å². The van der Waals surface area contributed by atoms with Gasteiger partial charge in [0.25, 0.3) is 0 Å². The van der Waals surface area contributed by atoms with Crippen molar-refractivity contribution in [1.29, 1.82) is 0 Å². The maximum Gasteiger partial charge on any atom is 0.307 e. The lowest BCUT2D eigenvalue weighted by atomic mass is 10.1. The zero-order valence-electron chi connectivity index (χ0n) is 10.6. The van der Waals surface area contributed by atoms with Gasteiger partial charge in [-0.2, -0.15) is 0 Å². The average molecular weight is 251 g/mol. The Morgan fingerprint density at radius 2 is 2.17 bits per heavy atom. The van der Waals surface area contributed by atoms with Gasteiger partial charge in [-0.3, -0.25) is 9.59 Å². The number of carboxylic acid groups (broad SMARTS) is 1. The highest BCUT2D eigenvalue weighted by atomic mass is 16.4. The van der Waals surface area contributed by atoms with Crippen LogP contribution in [-0.2, 0) is 9.59 Å². The molecular formula is C12H17N3O3. The summed E-state index contributed by atoms with van der Waals surface area (Å²) >= 11 is 0. The minimum absolute atomic E-state index is 0.226. The quantitative estimate of drug-likeness (QED) is 0.742. The molecule has 0 saturated heterocycles. The number of H-pyrrole nitrogens is 1. The highest BCUT2D eigenvalue weighted by Gasteiger charge is 2.65. The van der Waals surface area contributed by atoms with E-state index in [1.165, 1.54) is 0 Å². The van der Waals surface area contributed by atoms with Crippen molar-refractivity contribution in [3.05, 3.63) is 18.2 Å². The minimum Gasteiger partial charge on any atom is -0.481 e. The summed E-state index contributed by atoms with van der Waals surface area (Å²) in [5, 5.41) is 11.8. The number of carbonyl (C=O) groups is 2. The van der Waals surface area contributed by atoms with E-state index in [1.807, 2.05) is 6.92 Å². The molecule has 1 aromatic rings. The van der Waals surface area contributed by atoms with Crippen molar-refractivity contribution in [3.63, 3.8) is 0 Å². The maximum atomic E-state index is 12.0. The summed E-state index contributed by atoms with van der Waals surface area (Å²) in [6, 6.07) is -0.252. The molecule has 0 spiro atoms. The van der Waals surface area contributed by atoms with Crippen molar-refractivity contribution < 1.29 is 14.7 Å². The zero-order valence-corrected chi connectivity index (χ0v) is 10.6. The van der Waals surface area contributed by atoms with Crippen LogP contribution in [0.3, 0.4) is 0 Å². The number of carbonyl (C=O) groups excluding carboxylic acids is 1. The first-order valence-electron chi connectivity index (χ1n) is 5.88. The van der Waals surface area contributed by atoms with E-state index < -0.39 is 23.2 Å². The van der Waals surface area contributed by atoms with Crippen LogP contribution in [0.15, 0.2) is 12.4 Å². The predicted molar refractivity (Wildman–Crippen MR) is 63.5 cm³/mol. The third kappa shape index (κ3) is 1.98. The molecule has 1 unspecified atom stereocenters. The topological polar surface area (TPSA) is 95.1 Å². The van der Waals surface area contributed by atoms with E-state index in [0.717, 1.165) is 0 Å². The van der Waals surface area contributed by atoms with Crippen LogP contribution < -0.4 is 5.32 Å². The lowest BCUT2D eigenvalue weighted by Gasteiger charge is -2.11. The number of aliphatic carboxylic acids is 1. The van der Waals surface area contributed by atoms with Crippen LogP contribution in [-0.4, -0.2) is 27.0 Å². The first-order valence-corrected chi connectivity index (χ1v) is 5.88. The van der Waals surface area contributed by atoms with Gasteiger partial charge in [-0.05, 0) is 12.3 Å². The molecule has 0 radical (unpaired) electrons. The number of amides is 1. The van der Waals surface area contributed by atoms with Crippen LogP contribution in [0.1, 0.15) is 32.6 Å². The molecule has 1 aromatic heterocycles. The Hall–Kier alpha value is -1.85. The molecule has 0 aliphatic heterocycles. The van der Waals surface area contributed by atoms with Gasteiger partial charge in [0.2, 0.25) is 5.91 Å². The van der Waals surface area contributed by atoms with Crippen LogP contribution in [0, 0.1) is 17.3 Å². The van der Waals surface area contributed by atoms with E-state index in [2.05, 4.69) is 15.3 Å². The fraction of sp³-hybridized carbons (Fsp3) is 0.583. The van der Waals surface area contributed by atoms with Gasteiger partial charge < -0.3 is 15.4 Å². The SMILES string of the molecule is CC(NC(=O)[C@H]1[C@@H](C(=O)O)C1(C)C)c1ncc[nH]1. The molecule has 1 aliphatic rings. The molecule has 3 N–H and O–H groups in total. The third-order valence-electron chi connectivity index (χ3n) is 3.66. The van der Waals surface area contributed by atoms with E-state index in [0.29, 0.717) is 5.82 Å². The Bertz CT molecular complexity index is 467. The van der Waals surface area contributed by atoms with Crippen molar-refractivity contribution in [1.82, 2.24) is 15.3 Å². The molecule has 1 saturated carbocycles. The lowest BCUT2D eigenvalue weighted by Crippen LogP contribution is -2.30. The second-order valence-corrected chi connectivity index (χ2v) is 5.32. The Balaban J connectivity index is 2.00. The number of nitrogens with zero attached hydrogens (tertiary/aromatic N) is 1. The maximum absolute atomic E-state index is 12.0. The molecule has 0 aromatic carbocycles. The first kappa shape index (κ1) is 12.6. The van der Waals surface area contributed by atoms with Crippen molar-refractivity contribution in [2.75, 3.05) is 0 Å². The largest absolute Gasteiger partial charge is 0.481 e. The van der Waals surface area contributed by atoms with Crippen molar-refractivity contribution in [2.24, 2.45) is 17.3 Å². The second kappa shape index (κ2) is 4.12. The lowest BCUT2D eigenvalue weighted by molar-refractivity contribution is -0.140. The first-order chi connectivity index (χ1) is 8.35. The fourth-order valence-corrected chi connectivity index (χ4v) is 2.47. The molecule has 18 heavy (non-hydrogen) atoms. The molecule has 98 valence electrons. The number of carboxylic acids is 1. The monoisotopic (exact) mass is 251 g/mol. The molecule has 1 amide bonds. The number of aromatic amines is 1. The minimum atomic E-state index is -0.911. The molecule has 2 rings (SSSR count). The van der Waals surface area contributed by atoms with Crippen molar-refractivity contribution in [3.8, 4) is 0 Å². The van der Waals surface area contributed by atoms with E-state index in [-0.39, 0.29) is 11.9 Å². The van der Waals surface area contributed by atoms with Gasteiger partial charge in [0.15, 0.2) is 0 Å². The molecule has 0 bridgehead atoms. The molecule has 3 atom stereocenters. The number of rotatable bonds is 4. The average Bonchev–Trinajstić information content (AvgIpc) is 2.67. The standard InChI is InChI=1S/C12H17N3O3/c1-6(9-13-4-5-14-9)15-10(16)7-8(11(17)18)12(7,2)3/h4-8H,1-3H3,(H,13,14)(H,15,16)(H,17,18)/t6?,7-,8+/m1/s1. The van der Waals surface area contributed by atoms with E-state index in [4.69, 9.17) is 5.11 Å². The molecule has 6 nitrogen and oxygen atoms in total. The smallest absolute Gasteiger partial charge is 0.307 e. The Morgan fingerprint density at radius 3 is 2.61 bits per heavy atom. The van der Waals surface area contributed by atoms with Crippen LogP contribution in [0.25, 0.3) is 0 Å². The summed E-state index contributed by atoms with van der Waals surface area (Å²) in [7, 11) is 0. The summed E-state index contributed by atoms with van der Waals surface area (Å²) in [4.78, 5) is 30.0. The van der Waals surface area contributed by atoms with Gasteiger partial charge in [0, 0.05) is 12.4 Å². The number of hydrogen-bond acceptors (Lipinski definition) is 3. The zero-order chi connectivity index (χ0) is 13.5. The van der Waals surface area contributed by atoms with Gasteiger partial charge in [-0.25, -0.2) is 4.98 Å². The highest BCUT2D eigenvalue weighted by molar-refractivity contribution is 5.91. The molecule has 1 aliphatic carbocycles. The number of imidazole rings is 1. The molecule has 6 heteroatoms. The Kier molecular flexibility index (Phi) is 2.88. The van der Waals surface area contributed by atoms with Crippen molar-refractivity contribution >= 4 is 11.9 Å². The summed E-state index contributed by atoms with van der Waals surface area (Å²) in [5.41, 5.74) is -0.473. The summed E-state index contributed by atoms with van der Waals surface area (Å²) < 4.78 is 0. The van der Waals surface area contributed by atoms with Crippen LogP contribution >= 0.6 is 0 Å². The Labute approximate surface area is 105 Å². The van der Waals surface area contributed by atoms with Gasteiger partial charge in [0.1, 0.15) is 5.82 Å². The second-order valence-electron chi connectivity index (χ2n) is 5.32.